The van der Waals surface area contributed by atoms with Gasteiger partial charge >= 0.3 is 0 Å². The van der Waals surface area contributed by atoms with Gasteiger partial charge in [-0.1, -0.05) is 13.3 Å². The average molecular weight is 261 g/mol. The third-order valence-corrected chi connectivity index (χ3v) is 3.60. The van der Waals surface area contributed by atoms with Crippen LogP contribution in [0.15, 0.2) is 16.8 Å². The highest BCUT2D eigenvalue weighted by atomic mass is 32.1. The maximum atomic E-state index is 4.66. The first-order valence-electron chi connectivity index (χ1n) is 6.39. The second-order valence-corrected chi connectivity index (χ2v) is 5.06. The zero-order chi connectivity index (χ0) is 13.0. The molecule has 0 aromatic carbocycles. The molecule has 2 aromatic heterocycles. The predicted molar refractivity (Wildman–Crippen MR) is 78.2 cm³/mol. The van der Waals surface area contributed by atoms with Crippen LogP contribution in [-0.4, -0.2) is 16.5 Å². The Bertz CT molecular complexity index is 495. The van der Waals surface area contributed by atoms with Crippen LogP contribution in [0.25, 0.3) is 11.4 Å². The number of thiophene rings is 1. The van der Waals surface area contributed by atoms with Crippen LogP contribution in [0.1, 0.15) is 31.5 Å². The molecule has 0 atom stereocenters. The molecule has 0 spiro atoms. The molecule has 2 rings (SSSR count). The SMILES string of the molecule is CCCc1cc(NCC)nc(-c2cscc2C)n1. The highest BCUT2D eigenvalue weighted by molar-refractivity contribution is 7.08. The molecule has 2 aromatic rings. The quantitative estimate of drug-likeness (QED) is 0.887. The van der Waals surface area contributed by atoms with Crippen LogP contribution < -0.4 is 5.32 Å². The average Bonchev–Trinajstić information content (AvgIpc) is 2.76. The van der Waals surface area contributed by atoms with Crippen molar-refractivity contribution in [3.05, 3.63) is 28.1 Å². The summed E-state index contributed by atoms with van der Waals surface area (Å²) in [5, 5.41) is 7.54. The zero-order valence-electron chi connectivity index (χ0n) is 11.2. The Balaban J connectivity index is 2.42. The molecule has 0 saturated heterocycles. The molecule has 0 unspecified atom stereocenters. The summed E-state index contributed by atoms with van der Waals surface area (Å²) in [6, 6.07) is 2.05. The monoisotopic (exact) mass is 261 g/mol. The Morgan fingerprint density at radius 2 is 2.06 bits per heavy atom. The third kappa shape index (κ3) is 2.88. The van der Waals surface area contributed by atoms with Crippen LogP contribution in [-0.2, 0) is 6.42 Å². The van der Waals surface area contributed by atoms with E-state index in [1.54, 1.807) is 11.3 Å². The molecule has 0 saturated carbocycles. The standard InChI is InChI=1S/C14H19N3S/c1-4-6-11-7-13(15-5-2)17-14(16-11)12-9-18-8-10(12)3/h7-9H,4-6H2,1-3H3,(H,15,16,17). The second-order valence-electron chi connectivity index (χ2n) is 4.32. The molecule has 1 N–H and O–H groups in total. The van der Waals surface area contributed by atoms with Crippen molar-refractivity contribution in [3.8, 4) is 11.4 Å². The first kappa shape index (κ1) is 13.0. The topological polar surface area (TPSA) is 37.8 Å². The summed E-state index contributed by atoms with van der Waals surface area (Å²) in [4.78, 5) is 9.26. The van der Waals surface area contributed by atoms with E-state index in [0.717, 1.165) is 42.3 Å². The van der Waals surface area contributed by atoms with Crippen LogP contribution in [0, 0.1) is 6.92 Å². The number of nitrogens with one attached hydrogen (secondary N) is 1. The van der Waals surface area contributed by atoms with Gasteiger partial charge in [0.15, 0.2) is 5.82 Å². The first-order valence-corrected chi connectivity index (χ1v) is 7.33. The van der Waals surface area contributed by atoms with Crippen molar-refractivity contribution in [3.63, 3.8) is 0 Å². The predicted octanol–water partition coefficient (Wildman–Crippen LogP) is 3.90. The Morgan fingerprint density at radius 1 is 1.22 bits per heavy atom. The van der Waals surface area contributed by atoms with Crippen molar-refractivity contribution < 1.29 is 0 Å². The van der Waals surface area contributed by atoms with Crippen molar-refractivity contribution >= 4 is 17.2 Å². The Kier molecular flexibility index (Phi) is 4.31. The number of anilines is 1. The van der Waals surface area contributed by atoms with Gasteiger partial charge in [-0.2, -0.15) is 11.3 Å². The fourth-order valence-corrected chi connectivity index (χ4v) is 2.69. The minimum absolute atomic E-state index is 0.843. The van der Waals surface area contributed by atoms with E-state index in [0.29, 0.717) is 0 Å². The van der Waals surface area contributed by atoms with Gasteiger partial charge in [0, 0.05) is 29.2 Å². The molecule has 4 heteroatoms. The molecule has 0 radical (unpaired) electrons. The van der Waals surface area contributed by atoms with Gasteiger partial charge in [0.05, 0.1) is 0 Å². The fourth-order valence-electron chi connectivity index (χ4n) is 1.86. The smallest absolute Gasteiger partial charge is 0.162 e. The van der Waals surface area contributed by atoms with Crippen LogP contribution in [0.2, 0.25) is 0 Å². The number of rotatable bonds is 5. The molecule has 0 aliphatic rings. The van der Waals surface area contributed by atoms with Crippen LogP contribution in [0.4, 0.5) is 5.82 Å². The third-order valence-electron chi connectivity index (χ3n) is 2.74. The molecule has 18 heavy (non-hydrogen) atoms. The summed E-state index contributed by atoms with van der Waals surface area (Å²) in [5.41, 5.74) is 3.51. The first-order chi connectivity index (χ1) is 8.74. The Morgan fingerprint density at radius 3 is 2.67 bits per heavy atom. The highest BCUT2D eigenvalue weighted by Crippen LogP contribution is 2.25. The highest BCUT2D eigenvalue weighted by Gasteiger charge is 2.09. The largest absolute Gasteiger partial charge is 0.370 e. The van der Waals surface area contributed by atoms with E-state index in [9.17, 15) is 0 Å². The van der Waals surface area contributed by atoms with Crippen molar-refractivity contribution in [2.45, 2.75) is 33.6 Å². The van der Waals surface area contributed by atoms with Crippen LogP contribution in [0.3, 0.4) is 0 Å². The minimum atomic E-state index is 0.843. The fraction of sp³-hybridized carbons (Fsp3) is 0.429. The number of hydrogen-bond donors (Lipinski definition) is 1. The van der Waals surface area contributed by atoms with Crippen molar-refractivity contribution in [1.82, 2.24) is 9.97 Å². The van der Waals surface area contributed by atoms with E-state index in [-0.39, 0.29) is 0 Å². The Labute approximate surface area is 112 Å². The molecule has 0 aliphatic carbocycles. The molecule has 3 nitrogen and oxygen atoms in total. The maximum Gasteiger partial charge on any atom is 0.162 e. The van der Waals surface area contributed by atoms with Gasteiger partial charge in [0.1, 0.15) is 5.82 Å². The number of nitrogens with zero attached hydrogens (tertiary/aromatic N) is 2. The van der Waals surface area contributed by atoms with E-state index >= 15 is 0 Å². The molecule has 0 amide bonds. The van der Waals surface area contributed by atoms with Crippen LogP contribution in [0.5, 0.6) is 0 Å². The molecule has 0 fully saturated rings. The molecule has 0 aliphatic heterocycles. The number of aryl methyl sites for hydroxylation is 2. The van der Waals surface area contributed by atoms with Crippen molar-refractivity contribution in [2.24, 2.45) is 0 Å². The summed E-state index contributed by atoms with van der Waals surface area (Å²) in [5.74, 6) is 1.77. The molecule has 96 valence electrons. The summed E-state index contributed by atoms with van der Waals surface area (Å²) < 4.78 is 0. The minimum Gasteiger partial charge on any atom is -0.370 e. The molecule has 2 heterocycles. The molecule has 0 bridgehead atoms. The van der Waals surface area contributed by atoms with Gasteiger partial charge < -0.3 is 5.32 Å². The lowest BCUT2D eigenvalue weighted by Gasteiger charge is -2.08. The van der Waals surface area contributed by atoms with Gasteiger partial charge in [-0.15, -0.1) is 0 Å². The summed E-state index contributed by atoms with van der Waals surface area (Å²) in [6.45, 7) is 7.24. The molecular formula is C14H19N3S. The zero-order valence-corrected chi connectivity index (χ0v) is 12.0. The summed E-state index contributed by atoms with van der Waals surface area (Å²) in [6.07, 6.45) is 2.10. The van der Waals surface area contributed by atoms with Crippen molar-refractivity contribution in [2.75, 3.05) is 11.9 Å². The van der Waals surface area contributed by atoms with Gasteiger partial charge in [-0.25, -0.2) is 9.97 Å². The number of hydrogen-bond acceptors (Lipinski definition) is 4. The van der Waals surface area contributed by atoms with E-state index < -0.39 is 0 Å². The number of aromatic nitrogens is 2. The van der Waals surface area contributed by atoms with Gasteiger partial charge in [0.2, 0.25) is 0 Å². The van der Waals surface area contributed by atoms with E-state index in [2.05, 4.69) is 52.9 Å². The van der Waals surface area contributed by atoms with E-state index in [4.69, 9.17) is 0 Å². The van der Waals surface area contributed by atoms with E-state index in [1.165, 1.54) is 5.56 Å². The Hall–Kier alpha value is -1.42. The molecular weight excluding hydrogens is 242 g/mol. The van der Waals surface area contributed by atoms with Crippen LogP contribution >= 0.6 is 11.3 Å². The normalized spacial score (nSPS) is 10.6. The summed E-state index contributed by atoms with van der Waals surface area (Å²) >= 11 is 1.70. The summed E-state index contributed by atoms with van der Waals surface area (Å²) in [7, 11) is 0. The lowest BCUT2D eigenvalue weighted by atomic mass is 10.2. The maximum absolute atomic E-state index is 4.66. The van der Waals surface area contributed by atoms with Gasteiger partial charge in [-0.3, -0.25) is 0 Å². The van der Waals surface area contributed by atoms with E-state index in [1.807, 2.05) is 0 Å². The second kappa shape index (κ2) is 5.96. The van der Waals surface area contributed by atoms with Gasteiger partial charge in [0.25, 0.3) is 0 Å². The lowest BCUT2D eigenvalue weighted by molar-refractivity contribution is 0.875. The van der Waals surface area contributed by atoms with Crippen molar-refractivity contribution in [1.29, 1.82) is 0 Å². The van der Waals surface area contributed by atoms with Gasteiger partial charge in [-0.05, 0) is 31.2 Å². The lowest BCUT2D eigenvalue weighted by Crippen LogP contribution is -2.04.